The van der Waals surface area contributed by atoms with Gasteiger partial charge in [-0.2, -0.15) is 8.75 Å². The van der Waals surface area contributed by atoms with Crippen LogP contribution in [0.25, 0.3) is 0 Å². The molecule has 0 N–H and O–H groups in total. The van der Waals surface area contributed by atoms with E-state index in [1.807, 2.05) is 32.0 Å². The third kappa shape index (κ3) is 1.94. The fraction of sp³-hybridized carbons (Fsp3) is 0.182. The van der Waals surface area contributed by atoms with Crippen LogP contribution in [0.2, 0.25) is 0 Å². The molecule has 1 heterocycles. The van der Waals surface area contributed by atoms with Gasteiger partial charge in [-0.3, -0.25) is 4.79 Å². The van der Waals surface area contributed by atoms with Crippen LogP contribution in [0.15, 0.2) is 24.4 Å². The molecule has 0 bridgehead atoms. The van der Waals surface area contributed by atoms with Gasteiger partial charge in [-0.25, -0.2) is 0 Å². The summed E-state index contributed by atoms with van der Waals surface area (Å²) in [6.07, 6.45) is 1.50. The summed E-state index contributed by atoms with van der Waals surface area (Å²) in [6.45, 7) is 4.01. The minimum Gasteiger partial charge on any atom is -0.287 e. The standard InChI is InChI=1S/C11H10N2OS/c1-7-3-4-9(5-8(7)2)11(14)10-6-12-15-13-10/h3-6H,1-2H3. The fourth-order valence-electron chi connectivity index (χ4n) is 1.30. The first-order valence-electron chi connectivity index (χ1n) is 4.58. The minimum atomic E-state index is -0.0631. The Morgan fingerprint density at radius 2 is 2.07 bits per heavy atom. The van der Waals surface area contributed by atoms with E-state index in [9.17, 15) is 4.79 Å². The highest BCUT2D eigenvalue weighted by molar-refractivity contribution is 6.99. The maximum absolute atomic E-state index is 11.9. The number of carbonyl (C=O) groups is 1. The summed E-state index contributed by atoms with van der Waals surface area (Å²) in [7, 11) is 0. The van der Waals surface area contributed by atoms with Gasteiger partial charge in [0.15, 0.2) is 0 Å². The van der Waals surface area contributed by atoms with Gasteiger partial charge in [-0.1, -0.05) is 12.1 Å². The van der Waals surface area contributed by atoms with Crippen LogP contribution in [0.3, 0.4) is 0 Å². The van der Waals surface area contributed by atoms with Gasteiger partial charge in [-0.15, -0.1) is 0 Å². The third-order valence-electron chi connectivity index (χ3n) is 2.36. The van der Waals surface area contributed by atoms with Crippen LogP contribution in [0.1, 0.15) is 27.2 Å². The number of benzene rings is 1. The summed E-state index contributed by atoms with van der Waals surface area (Å²) >= 11 is 1.05. The third-order valence-corrected chi connectivity index (χ3v) is 2.84. The molecule has 15 heavy (non-hydrogen) atoms. The van der Waals surface area contributed by atoms with Crippen LogP contribution in [-0.2, 0) is 0 Å². The summed E-state index contributed by atoms with van der Waals surface area (Å²) in [4.78, 5) is 11.9. The summed E-state index contributed by atoms with van der Waals surface area (Å²) in [6, 6.07) is 5.66. The minimum absolute atomic E-state index is 0.0631. The van der Waals surface area contributed by atoms with Crippen molar-refractivity contribution >= 4 is 17.5 Å². The van der Waals surface area contributed by atoms with Crippen LogP contribution < -0.4 is 0 Å². The number of nitrogens with zero attached hydrogens (tertiary/aromatic N) is 2. The van der Waals surface area contributed by atoms with E-state index < -0.39 is 0 Å². The summed E-state index contributed by atoms with van der Waals surface area (Å²) < 4.78 is 7.74. The van der Waals surface area contributed by atoms with E-state index in [2.05, 4.69) is 8.75 Å². The Bertz CT molecular complexity index is 491. The second-order valence-electron chi connectivity index (χ2n) is 3.42. The Hall–Kier alpha value is -1.55. The lowest BCUT2D eigenvalue weighted by Crippen LogP contribution is -2.02. The van der Waals surface area contributed by atoms with Gasteiger partial charge in [-0.05, 0) is 31.0 Å². The SMILES string of the molecule is Cc1ccc(C(=O)c2cnsn2)cc1C. The molecular weight excluding hydrogens is 208 g/mol. The number of hydrogen-bond donors (Lipinski definition) is 0. The molecule has 0 aliphatic carbocycles. The first-order chi connectivity index (χ1) is 7.18. The molecule has 0 amide bonds. The molecule has 1 aromatic heterocycles. The van der Waals surface area contributed by atoms with E-state index in [1.165, 1.54) is 11.8 Å². The zero-order valence-corrected chi connectivity index (χ0v) is 9.34. The molecule has 0 saturated carbocycles. The molecule has 76 valence electrons. The summed E-state index contributed by atoms with van der Waals surface area (Å²) in [5, 5.41) is 0. The molecule has 0 fully saturated rings. The van der Waals surface area contributed by atoms with Gasteiger partial charge < -0.3 is 0 Å². The average Bonchev–Trinajstić information content (AvgIpc) is 2.74. The van der Waals surface area contributed by atoms with Crippen molar-refractivity contribution in [3.05, 3.63) is 46.8 Å². The molecule has 0 unspecified atom stereocenters. The van der Waals surface area contributed by atoms with Crippen LogP contribution in [0.5, 0.6) is 0 Å². The molecule has 2 aromatic rings. The Morgan fingerprint density at radius 3 is 2.67 bits per heavy atom. The zero-order chi connectivity index (χ0) is 10.8. The van der Waals surface area contributed by atoms with Crippen molar-refractivity contribution < 1.29 is 4.79 Å². The van der Waals surface area contributed by atoms with Crippen molar-refractivity contribution in [2.45, 2.75) is 13.8 Å². The maximum Gasteiger partial charge on any atom is 0.214 e. The predicted octanol–water partition coefficient (Wildman–Crippen LogP) is 2.39. The molecule has 1 aromatic carbocycles. The average molecular weight is 218 g/mol. The van der Waals surface area contributed by atoms with Crippen molar-refractivity contribution in [3.63, 3.8) is 0 Å². The number of carbonyl (C=O) groups excluding carboxylic acids is 1. The van der Waals surface area contributed by atoms with Crippen LogP contribution in [0, 0.1) is 13.8 Å². The molecule has 0 saturated heterocycles. The van der Waals surface area contributed by atoms with Crippen molar-refractivity contribution in [1.29, 1.82) is 0 Å². The maximum atomic E-state index is 11.9. The van der Waals surface area contributed by atoms with E-state index in [0.29, 0.717) is 11.3 Å². The Labute approximate surface area is 92.1 Å². The molecule has 0 spiro atoms. The van der Waals surface area contributed by atoms with E-state index in [0.717, 1.165) is 17.3 Å². The molecular formula is C11H10N2OS. The van der Waals surface area contributed by atoms with Crippen molar-refractivity contribution in [1.82, 2.24) is 8.75 Å². The van der Waals surface area contributed by atoms with Crippen LogP contribution in [-0.4, -0.2) is 14.5 Å². The predicted molar refractivity (Wildman–Crippen MR) is 59.3 cm³/mol. The largest absolute Gasteiger partial charge is 0.287 e. The highest BCUT2D eigenvalue weighted by Gasteiger charge is 2.11. The smallest absolute Gasteiger partial charge is 0.214 e. The van der Waals surface area contributed by atoms with E-state index in [1.54, 1.807) is 0 Å². The number of ketones is 1. The summed E-state index contributed by atoms with van der Waals surface area (Å²) in [5.74, 6) is -0.0631. The number of aryl methyl sites for hydroxylation is 2. The van der Waals surface area contributed by atoms with Crippen molar-refractivity contribution in [2.24, 2.45) is 0 Å². The molecule has 0 radical (unpaired) electrons. The quantitative estimate of drug-likeness (QED) is 0.727. The number of rotatable bonds is 2. The van der Waals surface area contributed by atoms with Gasteiger partial charge in [0.2, 0.25) is 5.78 Å². The Morgan fingerprint density at radius 1 is 1.27 bits per heavy atom. The normalized spacial score (nSPS) is 10.3. The topological polar surface area (TPSA) is 42.9 Å². The Balaban J connectivity index is 2.39. The molecule has 0 atom stereocenters. The lowest BCUT2D eigenvalue weighted by molar-refractivity contribution is 0.103. The van der Waals surface area contributed by atoms with Crippen LogP contribution in [0.4, 0.5) is 0 Å². The second-order valence-corrected chi connectivity index (χ2v) is 3.98. The van der Waals surface area contributed by atoms with Gasteiger partial charge in [0.05, 0.1) is 17.9 Å². The first-order valence-corrected chi connectivity index (χ1v) is 5.31. The monoisotopic (exact) mass is 218 g/mol. The highest BCUT2D eigenvalue weighted by Crippen LogP contribution is 2.13. The van der Waals surface area contributed by atoms with E-state index in [-0.39, 0.29) is 5.78 Å². The van der Waals surface area contributed by atoms with Gasteiger partial charge >= 0.3 is 0 Å². The van der Waals surface area contributed by atoms with Crippen molar-refractivity contribution in [2.75, 3.05) is 0 Å². The zero-order valence-electron chi connectivity index (χ0n) is 8.52. The number of aromatic nitrogens is 2. The Kier molecular flexibility index (Phi) is 2.60. The fourth-order valence-corrected chi connectivity index (χ4v) is 1.71. The molecule has 0 aliphatic heterocycles. The lowest BCUT2D eigenvalue weighted by Gasteiger charge is -2.02. The van der Waals surface area contributed by atoms with Crippen LogP contribution >= 0.6 is 11.7 Å². The second kappa shape index (κ2) is 3.90. The van der Waals surface area contributed by atoms with E-state index in [4.69, 9.17) is 0 Å². The molecule has 3 nitrogen and oxygen atoms in total. The molecule has 0 aliphatic rings. The lowest BCUT2D eigenvalue weighted by atomic mass is 10.0. The first kappa shape index (κ1) is 9.98. The van der Waals surface area contributed by atoms with Gasteiger partial charge in [0.1, 0.15) is 5.69 Å². The molecule has 2 rings (SSSR count). The summed E-state index contributed by atoms with van der Waals surface area (Å²) in [5.41, 5.74) is 3.39. The van der Waals surface area contributed by atoms with E-state index >= 15 is 0 Å². The molecule has 4 heteroatoms. The van der Waals surface area contributed by atoms with Gasteiger partial charge in [0.25, 0.3) is 0 Å². The van der Waals surface area contributed by atoms with Crippen molar-refractivity contribution in [3.8, 4) is 0 Å². The number of hydrogen-bond acceptors (Lipinski definition) is 4. The highest BCUT2D eigenvalue weighted by atomic mass is 32.1. The van der Waals surface area contributed by atoms with Gasteiger partial charge in [0, 0.05) is 5.56 Å².